The second kappa shape index (κ2) is 4.45. The summed E-state index contributed by atoms with van der Waals surface area (Å²) in [5, 5.41) is 8.66. The van der Waals surface area contributed by atoms with E-state index >= 15 is 0 Å². The Kier molecular flexibility index (Phi) is 2.86. The minimum absolute atomic E-state index is 0.272. The third kappa shape index (κ3) is 2.09. The first-order valence-electron chi connectivity index (χ1n) is 6.35. The maximum absolute atomic E-state index is 10.6. The Morgan fingerprint density at radius 1 is 1.50 bits per heavy atom. The summed E-state index contributed by atoms with van der Waals surface area (Å²) in [7, 11) is 1.94. The van der Waals surface area contributed by atoms with E-state index < -0.39 is 11.6 Å². The van der Waals surface area contributed by atoms with Crippen LogP contribution in [0, 0.1) is 0 Å². The zero-order valence-electron chi connectivity index (χ0n) is 11.4. The van der Waals surface area contributed by atoms with Crippen molar-refractivity contribution in [2.45, 2.75) is 12.5 Å². The van der Waals surface area contributed by atoms with Gasteiger partial charge in [0.15, 0.2) is 5.82 Å². The second-order valence-electron chi connectivity index (χ2n) is 5.35. The maximum atomic E-state index is 10.6. The minimum Gasteiger partial charge on any atom is -0.480 e. The van der Waals surface area contributed by atoms with Gasteiger partial charge >= 0.3 is 5.97 Å². The van der Waals surface area contributed by atoms with Crippen LogP contribution in [0.25, 0.3) is 11.0 Å². The topological polar surface area (TPSA) is 80.5 Å². The molecule has 0 unspecified atom stereocenters. The fourth-order valence-electron chi connectivity index (χ4n) is 2.52. The summed E-state index contributed by atoms with van der Waals surface area (Å²) in [6.07, 6.45) is 3.52. The van der Waals surface area contributed by atoms with Crippen molar-refractivity contribution in [2.75, 3.05) is 24.6 Å². The molecule has 1 aliphatic heterocycles. The number of fused-ring (bicyclic) bond motifs is 1. The summed E-state index contributed by atoms with van der Waals surface area (Å²) in [4.78, 5) is 21.4. The van der Waals surface area contributed by atoms with Gasteiger partial charge in [0, 0.05) is 13.2 Å². The minimum atomic E-state index is -0.949. The van der Waals surface area contributed by atoms with E-state index in [9.17, 15) is 4.79 Å². The molecular weight excluding hydrogens is 260 g/mol. The average molecular weight is 276 g/mol. The Balaban J connectivity index is 1.77. The molecule has 0 aromatic carbocycles. The molecule has 0 saturated carbocycles. The van der Waals surface area contributed by atoms with E-state index in [2.05, 4.69) is 14.9 Å². The number of rotatable bonds is 4. The number of nitrogens with zero attached hydrogens (tertiary/aromatic N) is 4. The van der Waals surface area contributed by atoms with Crippen molar-refractivity contribution in [1.29, 1.82) is 0 Å². The molecule has 1 aliphatic rings. The van der Waals surface area contributed by atoms with Gasteiger partial charge in [-0.3, -0.25) is 0 Å². The lowest BCUT2D eigenvalue weighted by molar-refractivity contribution is -0.150. The molecule has 7 nitrogen and oxygen atoms in total. The third-order valence-corrected chi connectivity index (χ3v) is 3.52. The van der Waals surface area contributed by atoms with E-state index in [0.717, 1.165) is 16.9 Å². The van der Waals surface area contributed by atoms with Crippen molar-refractivity contribution in [3.63, 3.8) is 0 Å². The van der Waals surface area contributed by atoms with Crippen LogP contribution in [-0.4, -0.2) is 50.9 Å². The van der Waals surface area contributed by atoms with Crippen LogP contribution in [0.5, 0.6) is 0 Å². The molecule has 1 fully saturated rings. The number of aryl methyl sites for hydroxylation is 1. The number of carboxylic acids is 1. The maximum Gasteiger partial charge on any atom is 0.329 e. The Morgan fingerprint density at radius 3 is 2.95 bits per heavy atom. The number of pyridine rings is 1. The van der Waals surface area contributed by atoms with E-state index in [-0.39, 0.29) is 6.61 Å². The first kappa shape index (κ1) is 12.9. The molecule has 3 heterocycles. The van der Waals surface area contributed by atoms with Crippen molar-refractivity contribution < 1.29 is 14.6 Å². The van der Waals surface area contributed by atoms with Gasteiger partial charge in [-0.25, -0.2) is 14.8 Å². The predicted octanol–water partition coefficient (Wildman–Crippen LogP) is 0.648. The Bertz CT molecular complexity index is 661. The molecule has 20 heavy (non-hydrogen) atoms. The van der Waals surface area contributed by atoms with Crippen molar-refractivity contribution >= 4 is 22.8 Å². The molecule has 0 radical (unpaired) electrons. The molecule has 0 spiro atoms. The van der Waals surface area contributed by atoms with Gasteiger partial charge in [0.25, 0.3) is 0 Å². The average Bonchev–Trinajstić information content (AvgIpc) is 2.75. The van der Waals surface area contributed by atoms with Gasteiger partial charge in [0.2, 0.25) is 0 Å². The van der Waals surface area contributed by atoms with Gasteiger partial charge in [0.05, 0.1) is 24.9 Å². The first-order chi connectivity index (χ1) is 9.48. The molecule has 0 amide bonds. The Hall–Kier alpha value is -2.15. The number of imidazole rings is 1. The van der Waals surface area contributed by atoms with Gasteiger partial charge in [-0.15, -0.1) is 0 Å². The number of hydrogen-bond donors (Lipinski definition) is 1. The first-order valence-corrected chi connectivity index (χ1v) is 6.35. The smallest absolute Gasteiger partial charge is 0.329 e. The number of ether oxygens (including phenoxy) is 1. The molecule has 7 heteroatoms. The van der Waals surface area contributed by atoms with Gasteiger partial charge in [-0.1, -0.05) is 0 Å². The lowest BCUT2D eigenvalue weighted by atomic mass is 9.96. The van der Waals surface area contributed by atoms with Gasteiger partial charge in [0.1, 0.15) is 17.7 Å². The van der Waals surface area contributed by atoms with Crippen molar-refractivity contribution in [2.24, 2.45) is 7.05 Å². The molecule has 3 rings (SSSR count). The molecule has 106 valence electrons. The van der Waals surface area contributed by atoms with E-state index in [1.165, 1.54) is 0 Å². The monoisotopic (exact) mass is 276 g/mol. The molecule has 0 atom stereocenters. The number of carbonyl (C=O) groups is 1. The van der Waals surface area contributed by atoms with E-state index in [1.807, 2.05) is 24.6 Å². The highest BCUT2D eigenvalue weighted by atomic mass is 16.5. The number of anilines is 1. The summed E-state index contributed by atoms with van der Waals surface area (Å²) in [6, 6.07) is 1.92. The SMILES string of the molecule is Cn1cnc2c(N3CC(C)(OCC(=O)O)C3)nccc21. The zero-order valence-corrected chi connectivity index (χ0v) is 11.4. The largest absolute Gasteiger partial charge is 0.480 e. The molecular formula is C13H16N4O3. The summed E-state index contributed by atoms with van der Waals surface area (Å²) in [5.41, 5.74) is 1.45. The van der Waals surface area contributed by atoms with Crippen LogP contribution in [-0.2, 0) is 16.6 Å². The zero-order chi connectivity index (χ0) is 14.3. The van der Waals surface area contributed by atoms with Crippen LogP contribution < -0.4 is 4.90 Å². The molecule has 2 aromatic rings. The molecule has 0 bridgehead atoms. The molecule has 1 N–H and O–H groups in total. The number of aliphatic carboxylic acids is 1. The van der Waals surface area contributed by atoms with Crippen LogP contribution in [0.3, 0.4) is 0 Å². The third-order valence-electron chi connectivity index (χ3n) is 3.52. The van der Waals surface area contributed by atoms with Crippen molar-refractivity contribution in [3.05, 3.63) is 18.6 Å². The van der Waals surface area contributed by atoms with Crippen LogP contribution in [0.4, 0.5) is 5.82 Å². The Labute approximate surface area is 115 Å². The fourth-order valence-corrected chi connectivity index (χ4v) is 2.52. The quantitative estimate of drug-likeness (QED) is 0.883. The van der Waals surface area contributed by atoms with E-state index in [4.69, 9.17) is 9.84 Å². The second-order valence-corrected chi connectivity index (χ2v) is 5.35. The van der Waals surface area contributed by atoms with Gasteiger partial charge in [-0.05, 0) is 13.0 Å². The number of hydrogen-bond acceptors (Lipinski definition) is 5. The fraction of sp³-hybridized carbons (Fsp3) is 0.462. The van der Waals surface area contributed by atoms with Crippen LogP contribution >= 0.6 is 0 Å². The van der Waals surface area contributed by atoms with Gasteiger partial charge in [-0.2, -0.15) is 0 Å². The molecule has 2 aromatic heterocycles. The highest BCUT2D eigenvalue weighted by Gasteiger charge is 2.41. The summed E-state index contributed by atoms with van der Waals surface area (Å²) >= 11 is 0. The van der Waals surface area contributed by atoms with Crippen LogP contribution in [0.1, 0.15) is 6.92 Å². The number of aromatic nitrogens is 3. The van der Waals surface area contributed by atoms with Crippen molar-refractivity contribution in [3.8, 4) is 0 Å². The summed E-state index contributed by atoms with van der Waals surface area (Å²) in [5.74, 6) is -0.130. The molecule has 0 aliphatic carbocycles. The van der Waals surface area contributed by atoms with Crippen molar-refractivity contribution in [1.82, 2.24) is 14.5 Å². The summed E-state index contributed by atoms with van der Waals surface area (Å²) < 4.78 is 7.35. The number of carboxylic acid groups (broad SMARTS) is 1. The van der Waals surface area contributed by atoms with Crippen LogP contribution in [0.15, 0.2) is 18.6 Å². The van der Waals surface area contributed by atoms with Crippen LogP contribution in [0.2, 0.25) is 0 Å². The standard InChI is InChI=1S/C13H16N4O3/c1-13(20-5-10(18)19)6-17(7-13)12-11-9(3-4-14-12)16(2)8-15-11/h3-4,8H,5-7H2,1-2H3,(H,18,19). The highest BCUT2D eigenvalue weighted by Crippen LogP contribution is 2.32. The van der Waals surface area contributed by atoms with E-state index in [1.54, 1.807) is 12.5 Å². The molecule has 1 saturated heterocycles. The Morgan fingerprint density at radius 2 is 2.25 bits per heavy atom. The summed E-state index contributed by atoms with van der Waals surface area (Å²) in [6.45, 7) is 2.86. The predicted molar refractivity (Wildman–Crippen MR) is 72.7 cm³/mol. The lowest BCUT2D eigenvalue weighted by Gasteiger charge is -2.47. The van der Waals surface area contributed by atoms with Gasteiger partial charge < -0.3 is 19.3 Å². The normalized spacial score (nSPS) is 17.2. The highest BCUT2D eigenvalue weighted by molar-refractivity contribution is 5.86. The van der Waals surface area contributed by atoms with E-state index in [0.29, 0.717) is 13.1 Å². The lowest BCUT2D eigenvalue weighted by Crippen LogP contribution is -2.62.